The van der Waals surface area contributed by atoms with Crippen LogP contribution in [0.3, 0.4) is 0 Å². The summed E-state index contributed by atoms with van der Waals surface area (Å²) in [5.74, 6) is -0.0203. The number of amides is 1. The molecule has 0 atom stereocenters. The normalized spacial score (nSPS) is 9.62. The van der Waals surface area contributed by atoms with E-state index in [4.69, 9.17) is 4.74 Å². The smallest absolute Gasteiger partial charge is 0.226 e. The third-order valence-electron chi connectivity index (χ3n) is 1.59. The van der Waals surface area contributed by atoms with E-state index in [0.717, 1.165) is 5.69 Å². The summed E-state index contributed by atoms with van der Waals surface area (Å²) in [4.78, 5) is 11.2. The van der Waals surface area contributed by atoms with Crippen molar-refractivity contribution in [3.63, 3.8) is 0 Å². The van der Waals surface area contributed by atoms with Gasteiger partial charge in [0.1, 0.15) is 0 Å². The summed E-state index contributed by atoms with van der Waals surface area (Å²) in [7, 11) is 1.58. The van der Waals surface area contributed by atoms with E-state index in [2.05, 4.69) is 5.32 Å². The molecule has 3 heteroatoms. The molecule has 1 rings (SSSR count). The van der Waals surface area contributed by atoms with Gasteiger partial charge in [-0.1, -0.05) is 18.2 Å². The van der Waals surface area contributed by atoms with Gasteiger partial charge in [0.15, 0.2) is 0 Å². The highest BCUT2D eigenvalue weighted by atomic mass is 16.5. The van der Waals surface area contributed by atoms with Crippen LogP contribution in [0.2, 0.25) is 0 Å². The van der Waals surface area contributed by atoms with Gasteiger partial charge in [-0.25, -0.2) is 0 Å². The molecule has 1 amide bonds. The highest BCUT2D eigenvalue weighted by Gasteiger charge is 1.99. The van der Waals surface area contributed by atoms with Gasteiger partial charge in [-0.3, -0.25) is 4.79 Å². The summed E-state index contributed by atoms with van der Waals surface area (Å²) < 4.78 is 4.79. The van der Waals surface area contributed by atoms with E-state index in [1.54, 1.807) is 7.11 Å². The number of carbonyl (C=O) groups excluding carboxylic acids is 1. The van der Waals surface area contributed by atoms with Crippen LogP contribution in [0.25, 0.3) is 0 Å². The molecule has 1 aromatic rings. The van der Waals surface area contributed by atoms with Crippen LogP contribution in [0, 0.1) is 0 Å². The standard InChI is InChI=1S/C10H13NO2/c1-13-8-7-10(12)11-9-5-3-2-4-6-9/h2-6H,7-8H2,1H3,(H,11,12). The van der Waals surface area contributed by atoms with Crippen LogP contribution in [-0.2, 0) is 9.53 Å². The van der Waals surface area contributed by atoms with Gasteiger partial charge in [0.25, 0.3) is 0 Å². The Balaban J connectivity index is 2.37. The molecule has 0 radical (unpaired) electrons. The van der Waals surface area contributed by atoms with Crippen molar-refractivity contribution in [1.82, 2.24) is 0 Å². The summed E-state index contributed by atoms with van der Waals surface area (Å²) in [6.07, 6.45) is 0.394. The summed E-state index contributed by atoms with van der Waals surface area (Å²) in [5.41, 5.74) is 0.823. The zero-order chi connectivity index (χ0) is 9.52. The van der Waals surface area contributed by atoms with Crippen LogP contribution in [0.1, 0.15) is 6.42 Å². The highest BCUT2D eigenvalue weighted by Crippen LogP contribution is 2.04. The van der Waals surface area contributed by atoms with Gasteiger partial charge >= 0.3 is 0 Å². The van der Waals surface area contributed by atoms with Crippen LogP contribution in [0.5, 0.6) is 0 Å². The highest BCUT2D eigenvalue weighted by molar-refractivity contribution is 5.90. The van der Waals surface area contributed by atoms with E-state index in [-0.39, 0.29) is 5.91 Å². The molecule has 0 bridgehead atoms. The van der Waals surface area contributed by atoms with Gasteiger partial charge in [-0.2, -0.15) is 0 Å². The third-order valence-corrected chi connectivity index (χ3v) is 1.59. The van der Waals surface area contributed by atoms with Crippen LogP contribution >= 0.6 is 0 Å². The summed E-state index contributed by atoms with van der Waals surface area (Å²) in [5, 5.41) is 2.76. The molecular weight excluding hydrogens is 166 g/mol. The predicted molar refractivity (Wildman–Crippen MR) is 51.6 cm³/mol. The number of para-hydroxylation sites is 1. The van der Waals surface area contributed by atoms with E-state index in [1.165, 1.54) is 0 Å². The van der Waals surface area contributed by atoms with Crippen molar-refractivity contribution in [1.29, 1.82) is 0 Å². The molecule has 0 saturated carbocycles. The Morgan fingerprint density at radius 2 is 2.08 bits per heavy atom. The number of carbonyl (C=O) groups is 1. The first kappa shape index (κ1) is 9.74. The number of ether oxygens (including phenoxy) is 1. The molecule has 0 aromatic heterocycles. The number of methoxy groups -OCH3 is 1. The van der Waals surface area contributed by atoms with Gasteiger partial charge in [-0.05, 0) is 12.1 Å². The maximum absolute atomic E-state index is 11.2. The fraction of sp³-hybridized carbons (Fsp3) is 0.300. The summed E-state index contributed by atoms with van der Waals surface area (Å²) >= 11 is 0. The number of hydrogen-bond donors (Lipinski definition) is 1. The number of benzene rings is 1. The molecule has 0 fully saturated rings. The fourth-order valence-corrected chi connectivity index (χ4v) is 0.940. The minimum atomic E-state index is -0.0203. The van der Waals surface area contributed by atoms with Gasteiger partial charge in [0, 0.05) is 12.8 Å². The molecule has 0 unspecified atom stereocenters. The van der Waals surface area contributed by atoms with E-state index in [9.17, 15) is 4.79 Å². The van der Waals surface area contributed by atoms with Gasteiger partial charge in [-0.15, -0.1) is 0 Å². The Morgan fingerprint density at radius 1 is 1.38 bits per heavy atom. The van der Waals surface area contributed by atoms with Gasteiger partial charge < -0.3 is 10.1 Å². The van der Waals surface area contributed by atoms with Crippen molar-refractivity contribution in [2.75, 3.05) is 19.0 Å². The van der Waals surface area contributed by atoms with Gasteiger partial charge in [0.05, 0.1) is 13.0 Å². The summed E-state index contributed by atoms with van der Waals surface area (Å²) in [6.45, 7) is 0.457. The maximum atomic E-state index is 11.2. The molecule has 0 saturated heterocycles. The van der Waals surface area contributed by atoms with Crippen molar-refractivity contribution in [2.24, 2.45) is 0 Å². The van der Waals surface area contributed by atoms with E-state index < -0.39 is 0 Å². The Morgan fingerprint density at radius 3 is 2.69 bits per heavy atom. The monoisotopic (exact) mass is 179 g/mol. The van der Waals surface area contributed by atoms with E-state index in [0.29, 0.717) is 13.0 Å². The SMILES string of the molecule is COCCC(=O)Nc1ccccc1. The molecule has 0 aliphatic rings. The first-order chi connectivity index (χ1) is 6.33. The molecule has 0 aliphatic carbocycles. The zero-order valence-corrected chi connectivity index (χ0v) is 7.62. The van der Waals surface area contributed by atoms with Gasteiger partial charge in [0.2, 0.25) is 5.91 Å². The van der Waals surface area contributed by atoms with Crippen molar-refractivity contribution in [2.45, 2.75) is 6.42 Å². The number of anilines is 1. The first-order valence-corrected chi connectivity index (χ1v) is 4.17. The second-order valence-electron chi connectivity index (χ2n) is 2.66. The molecular formula is C10H13NO2. The molecule has 1 aromatic carbocycles. The van der Waals surface area contributed by atoms with E-state index >= 15 is 0 Å². The second kappa shape index (κ2) is 5.32. The topological polar surface area (TPSA) is 38.3 Å². The Labute approximate surface area is 77.7 Å². The molecule has 1 N–H and O–H groups in total. The van der Waals surface area contributed by atoms with E-state index in [1.807, 2.05) is 30.3 Å². The maximum Gasteiger partial charge on any atom is 0.226 e. The Bertz CT molecular complexity index is 259. The molecule has 0 spiro atoms. The minimum absolute atomic E-state index is 0.0203. The third kappa shape index (κ3) is 3.71. The number of nitrogens with one attached hydrogen (secondary N) is 1. The van der Waals surface area contributed by atoms with Crippen LogP contribution in [-0.4, -0.2) is 19.6 Å². The molecule has 0 aliphatic heterocycles. The average Bonchev–Trinajstić information content (AvgIpc) is 2.16. The lowest BCUT2D eigenvalue weighted by Crippen LogP contribution is -2.13. The van der Waals surface area contributed by atoms with Crippen LogP contribution in [0.4, 0.5) is 5.69 Å². The lowest BCUT2D eigenvalue weighted by atomic mass is 10.3. The zero-order valence-electron chi connectivity index (χ0n) is 7.62. The molecule has 13 heavy (non-hydrogen) atoms. The minimum Gasteiger partial charge on any atom is -0.384 e. The quantitative estimate of drug-likeness (QED) is 0.763. The number of hydrogen-bond acceptors (Lipinski definition) is 2. The largest absolute Gasteiger partial charge is 0.384 e. The van der Waals surface area contributed by atoms with Crippen molar-refractivity contribution >= 4 is 11.6 Å². The number of rotatable bonds is 4. The molecule has 0 heterocycles. The lowest BCUT2D eigenvalue weighted by Gasteiger charge is -2.03. The summed E-state index contributed by atoms with van der Waals surface area (Å²) in [6, 6.07) is 9.37. The second-order valence-corrected chi connectivity index (χ2v) is 2.66. The predicted octanol–water partition coefficient (Wildman–Crippen LogP) is 1.66. The Hall–Kier alpha value is -1.35. The van der Waals surface area contributed by atoms with Crippen LogP contribution in [0.15, 0.2) is 30.3 Å². The van der Waals surface area contributed by atoms with Crippen LogP contribution < -0.4 is 5.32 Å². The fourth-order valence-electron chi connectivity index (χ4n) is 0.940. The average molecular weight is 179 g/mol. The van der Waals surface area contributed by atoms with Crippen molar-refractivity contribution in [3.8, 4) is 0 Å². The lowest BCUT2D eigenvalue weighted by molar-refractivity contribution is -0.117. The van der Waals surface area contributed by atoms with Crippen molar-refractivity contribution in [3.05, 3.63) is 30.3 Å². The molecule has 3 nitrogen and oxygen atoms in total. The molecule has 70 valence electrons. The Kier molecular flexibility index (Phi) is 3.99. The first-order valence-electron chi connectivity index (χ1n) is 4.17. The van der Waals surface area contributed by atoms with Crippen molar-refractivity contribution < 1.29 is 9.53 Å².